The summed E-state index contributed by atoms with van der Waals surface area (Å²) in [6, 6.07) is 4.18. The monoisotopic (exact) mass is 235 g/mol. The molecule has 0 radical (unpaired) electrons. The van der Waals surface area contributed by atoms with Crippen LogP contribution >= 0.6 is 0 Å². The molecule has 0 aromatic heterocycles. The van der Waals surface area contributed by atoms with Gasteiger partial charge in [-0.05, 0) is 41.5 Å². The van der Waals surface area contributed by atoms with Crippen LogP contribution in [0.15, 0.2) is 12.1 Å². The third-order valence-electron chi connectivity index (χ3n) is 3.49. The Morgan fingerprint density at radius 3 is 2.35 bits per heavy atom. The minimum atomic E-state index is 0.0913. The van der Waals surface area contributed by atoms with Gasteiger partial charge in [-0.1, -0.05) is 13.8 Å². The van der Waals surface area contributed by atoms with Gasteiger partial charge in [0.15, 0.2) is 11.5 Å². The Hall–Kier alpha value is -1.22. The Bertz CT molecular complexity index is 426. The van der Waals surface area contributed by atoms with Crippen LogP contribution in [-0.2, 0) is 6.42 Å². The van der Waals surface area contributed by atoms with Crippen LogP contribution in [0.5, 0.6) is 11.5 Å². The van der Waals surface area contributed by atoms with Gasteiger partial charge in [0.2, 0.25) is 0 Å². The van der Waals surface area contributed by atoms with Crippen molar-refractivity contribution in [3.8, 4) is 11.5 Å². The SMILES string of the molecule is COc1cc2c(cc1OC)C(N)CC(C)(C)C2. The average molecular weight is 235 g/mol. The highest BCUT2D eigenvalue weighted by Gasteiger charge is 2.31. The molecule has 0 amide bonds. The normalized spacial score (nSPS) is 21.8. The highest BCUT2D eigenvalue weighted by molar-refractivity contribution is 5.49. The van der Waals surface area contributed by atoms with Gasteiger partial charge in [0.05, 0.1) is 14.2 Å². The summed E-state index contributed by atoms with van der Waals surface area (Å²) >= 11 is 0. The zero-order valence-electron chi connectivity index (χ0n) is 11.0. The van der Waals surface area contributed by atoms with E-state index in [-0.39, 0.29) is 11.5 Å². The quantitative estimate of drug-likeness (QED) is 0.857. The van der Waals surface area contributed by atoms with E-state index in [9.17, 15) is 0 Å². The summed E-state index contributed by atoms with van der Waals surface area (Å²) in [4.78, 5) is 0. The summed E-state index contributed by atoms with van der Waals surface area (Å²) in [5, 5.41) is 0. The van der Waals surface area contributed by atoms with E-state index in [1.54, 1.807) is 14.2 Å². The van der Waals surface area contributed by atoms with Crippen molar-refractivity contribution in [3.63, 3.8) is 0 Å². The van der Waals surface area contributed by atoms with Crippen molar-refractivity contribution in [2.24, 2.45) is 11.1 Å². The maximum Gasteiger partial charge on any atom is 0.161 e. The number of hydrogen-bond acceptors (Lipinski definition) is 3. The molecule has 0 spiro atoms. The highest BCUT2D eigenvalue weighted by atomic mass is 16.5. The lowest BCUT2D eigenvalue weighted by molar-refractivity contribution is 0.280. The van der Waals surface area contributed by atoms with Crippen molar-refractivity contribution in [3.05, 3.63) is 23.3 Å². The summed E-state index contributed by atoms with van der Waals surface area (Å²) < 4.78 is 10.7. The van der Waals surface area contributed by atoms with E-state index < -0.39 is 0 Å². The molecule has 1 atom stereocenters. The molecule has 0 heterocycles. The van der Waals surface area contributed by atoms with E-state index in [1.807, 2.05) is 6.07 Å². The minimum Gasteiger partial charge on any atom is -0.493 e. The van der Waals surface area contributed by atoms with Crippen LogP contribution in [0.4, 0.5) is 0 Å². The maximum atomic E-state index is 6.24. The molecule has 1 aliphatic carbocycles. The lowest BCUT2D eigenvalue weighted by Gasteiger charge is -2.35. The third kappa shape index (κ3) is 2.25. The summed E-state index contributed by atoms with van der Waals surface area (Å²) in [5.41, 5.74) is 8.98. The van der Waals surface area contributed by atoms with Gasteiger partial charge in [-0.25, -0.2) is 0 Å². The number of methoxy groups -OCH3 is 2. The molecule has 2 rings (SSSR count). The summed E-state index contributed by atoms with van der Waals surface area (Å²) in [6.07, 6.45) is 2.05. The molecule has 17 heavy (non-hydrogen) atoms. The summed E-state index contributed by atoms with van der Waals surface area (Å²) in [7, 11) is 3.32. The topological polar surface area (TPSA) is 44.5 Å². The molecule has 3 nitrogen and oxygen atoms in total. The predicted molar refractivity (Wildman–Crippen MR) is 68.6 cm³/mol. The van der Waals surface area contributed by atoms with Crippen molar-refractivity contribution in [2.75, 3.05) is 14.2 Å². The fourth-order valence-electron chi connectivity index (χ4n) is 2.73. The third-order valence-corrected chi connectivity index (χ3v) is 3.49. The van der Waals surface area contributed by atoms with Crippen LogP contribution in [0, 0.1) is 5.41 Å². The zero-order chi connectivity index (χ0) is 12.6. The largest absolute Gasteiger partial charge is 0.493 e. The molecule has 1 aliphatic rings. The average Bonchev–Trinajstić information content (AvgIpc) is 2.26. The Kier molecular flexibility index (Phi) is 3.04. The van der Waals surface area contributed by atoms with Gasteiger partial charge in [-0.15, -0.1) is 0 Å². The summed E-state index contributed by atoms with van der Waals surface area (Å²) in [6.45, 7) is 4.51. The van der Waals surface area contributed by atoms with Crippen molar-refractivity contribution < 1.29 is 9.47 Å². The minimum absolute atomic E-state index is 0.0913. The molecular weight excluding hydrogens is 214 g/mol. The van der Waals surface area contributed by atoms with Crippen LogP contribution in [0.25, 0.3) is 0 Å². The van der Waals surface area contributed by atoms with Gasteiger partial charge in [0.1, 0.15) is 0 Å². The molecule has 1 aromatic carbocycles. The second kappa shape index (κ2) is 4.22. The van der Waals surface area contributed by atoms with Gasteiger partial charge >= 0.3 is 0 Å². The maximum absolute atomic E-state index is 6.24. The molecule has 1 unspecified atom stereocenters. The number of fused-ring (bicyclic) bond motifs is 1. The Morgan fingerprint density at radius 2 is 1.76 bits per heavy atom. The van der Waals surface area contributed by atoms with Crippen molar-refractivity contribution in [1.29, 1.82) is 0 Å². The Labute approximate surface area is 103 Å². The van der Waals surface area contributed by atoms with E-state index in [4.69, 9.17) is 15.2 Å². The van der Waals surface area contributed by atoms with Gasteiger partial charge < -0.3 is 15.2 Å². The van der Waals surface area contributed by atoms with E-state index in [0.29, 0.717) is 0 Å². The standard InChI is InChI=1S/C14H21NO2/c1-14(2)7-9-5-12(16-3)13(17-4)6-10(9)11(15)8-14/h5-6,11H,7-8,15H2,1-4H3. The van der Waals surface area contributed by atoms with Gasteiger partial charge in [-0.3, -0.25) is 0 Å². The predicted octanol–water partition coefficient (Wildman–Crippen LogP) is 2.68. The van der Waals surface area contributed by atoms with Crippen LogP contribution in [0.2, 0.25) is 0 Å². The lowest BCUT2D eigenvalue weighted by Crippen LogP contribution is -2.29. The molecule has 0 saturated carbocycles. The van der Waals surface area contributed by atoms with Crippen molar-refractivity contribution >= 4 is 0 Å². The number of rotatable bonds is 2. The lowest BCUT2D eigenvalue weighted by atomic mass is 9.72. The van der Waals surface area contributed by atoms with Crippen LogP contribution < -0.4 is 15.2 Å². The Balaban J connectivity index is 2.50. The van der Waals surface area contributed by atoms with Gasteiger partial charge in [-0.2, -0.15) is 0 Å². The van der Waals surface area contributed by atoms with Crippen LogP contribution in [-0.4, -0.2) is 14.2 Å². The molecule has 0 saturated heterocycles. The molecular formula is C14H21NO2. The molecule has 0 fully saturated rings. The Morgan fingerprint density at radius 1 is 1.18 bits per heavy atom. The number of benzene rings is 1. The number of ether oxygens (including phenoxy) is 2. The fourth-order valence-corrected chi connectivity index (χ4v) is 2.73. The van der Waals surface area contributed by atoms with Gasteiger partial charge in [0, 0.05) is 6.04 Å². The van der Waals surface area contributed by atoms with E-state index in [0.717, 1.165) is 24.3 Å². The highest BCUT2D eigenvalue weighted by Crippen LogP contribution is 2.43. The molecule has 0 bridgehead atoms. The van der Waals surface area contributed by atoms with Crippen molar-refractivity contribution in [1.82, 2.24) is 0 Å². The first kappa shape index (κ1) is 12.2. The van der Waals surface area contributed by atoms with Gasteiger partial charge in [0.25, 0.3) is 0 Å². The first-order valence-corrected chi connectivity index (χ1v) is 5.97. The molecule has 3 heteroatoms. The first-order chi connectivity index (χ1) is 7.96. The first-order valence-electron chi connectivity index (χ1n) is 5.97. The van der Waals surface area contributed by atoms with Crippen LogP contribution in [0.3, 0.4) is 0 Å². The van der Waals surface area contributed by atoms with E-state index in [2.05, 4.69) is 19.9 Å². The van der Waals surface area contributed by atoms with Crippen LogP contribution in [0.1, 0.15) is 37.4 Å². The molecule has 1 aromatic rings. The van der Waals surface area contributed by atoms with E-state index >= 15 is 0 Å². The zero-order valence-corrected chi connectivity index (χ0v) is 11.0. The smallest absolute Gasteiger partial charge is 0.161 e. The molecule has 0 aliphatic heterocycles. The molecule has 94 valence electrons. The molecule has 2 N–H and O–H groups in total. The second-order valence-electron chi connectivity index (χ2n) is 5.56. The second-order valence-corrected chi connectivity index (χ2v) is 5.56. The summed E-state index contributed by atoms with van der Waals surface area (Å²) in [5.74, 6) is 1.55. The fraction of sp³-hybridized carbons (Fsp3) is 0.571. The van der Waals surface area contributed by atoms with Crippen molar-refractivity contribution in [2.45, 2.75) is 32.7 Å². The van der Waals surface area contributed by atoms with E-state index in [1.165, 1.54) is 11.1 Å². The number of hydrogen-bond donors (Lipinski definition) is 1. The number of nitrogens with two attached hydrogens (primary N) is 1.